The molecule has 0 saturated heterocycles. The topological polar surface area (TPSA) is 114 Å². The maximum atomic E-state index is 13.4. The highest BCUT2D eigenvalue weighted by Crippen LogP contribution is 2.27. The molecule has 0 radical (unpaired) electrons. The van der Waals surface area contributed by atoms with Gasteiger partial charge in [-0.15, -0.1) is 0 Å². The van der Waals surface area contributed by atoms with Gasteiger partial charge < -0.3 is 10.2 Å². The highest BCUT2D eigenvalue weighted by atomic mass is 35.5. The fourth-order valence-corrected chi connectivity index (χ4v) is 4.84. The number of nitrogens with one attached hydrogen (secondary N) is 1. The molecule has 4 rings (SSSR count). The molecule has 3 amide bonds. The Kier molecular flexibility index (Phi) is 5.86. The SMILES string of the molecule is CN1OC(CS(C)(=O)=O)Cn2nc3c(c2C1=O)CN(C(=O)Nc1ccc(F)c(Cl)c1)CC3. The van der Waals surface area contributed by atoms with Gasteiger partial charge in [0.1, 0.15) is 27.5 Å². The van der Waals surface area contributed by atoms with E-state index in [1.807, 2.05) is 0 Å². The van der Waals surface area contributed by atoms with Crippen molar-refractivity contribution in [3.8, 4) is 0 Å². The maximum absolute atomic E-state index is 13.4. The summed E-state index contributed by atoms with van der Waals surface area (Å²) in [6.45, 7) is 0.574. The number of halogens is 2. The molecule has 0 spiro atoms. The van der Waals surface area contributed by atoms with Gasteiger partial charge in [-0.2, -0.15) is 5.10 Å². The second-order valence-electron chi connectivity index (χ2n) is 7.81. The first-order valence-corrected chi connectivity index (χ1v) is 12.2. The van der Waals surface area contributed by atoms with E-state index < -0.39 is 33.7 Å². The van der Waals surface area contributed by atoms with Crippen LogP contribution in [0.25, 0.3) is 0 Å². The monoisotopic (exact) mass is 485 g/mol. The number of hydrogen-bond donors (Lipinski definition) is 1. The average molecular weight is 486 g/mol. The van der Waals surface area contributed by atoms with Gasteiger partial charge in [-0.25, -0.2) is 22.7 Å². The van der Waals surface area contributed by atoms with Crippen molar-refractivity contribution < 1.29 is 27.2 Å². The van der Waals surface area contributed by atoms with Gasteiger partial charge >= 0.3 is 6.03 Å². The molecular formula is C19H21ClFN5O5S. The van der Waals surface area contributed by atoms with Crippen LogP contribution in [0, 0.1) is 5.82 Å². The number of amides is 3. The van der Waals surface area contributed by atoms with Gasteiger partial charge in [0.25, 0.3) is 5.91 Å². The summed E-state index contributed by atoms with van der Waals surface area (Å²) in [6, 6.07) is 3.44. The van der Waals surface area contributed by atoms with E-state index in [-0.39, 0.29) is 29.6 Å². The van der Waals surface area contributed by atoms with E-state index in [0.717, 1.165) is 17.4 Å². The van der Waals surface area contributed by atoms with Crippen molar-refractivity contribution in [2.24, 2.45) is 0 Å². The van der Waals surface area contributed by atoms with Crippen LogP contribution in [0.5, 0.6) is 0 Å². The Morgan fingerprint density at radius 1 is 1.41 bits per heavy atom. The normalized spacial score (nSPS) is 18.8. The van der Waals surface area contributed by atoms with Crippen molar-refractivity contribution in [2.75, 3.05) is 30.9 Å². The highest BCUT2D eigenvalue weighted by Gasteiger charge is 2.36. The molecule has 0 fully saturated rings. The van der Waals surface area contributed by atoms with Crippen LogP contribution in [0.15, 0.2) is 18.2 Å². The molecule has 0 aliphatic carbocycles. The van der Waals surface area contributed by atoms with Gasteiger partial charge in [0.05, 0.1) is 29.6 Å². The van der Waals surface area contributed by atoms with Crippen LogP contribution in [-0.4, -0.2) is 71.8 Å². The number of fused-ring (bicyclic) bond motifs is 3. The number of nitrogens with zero attached hydrogens (tertiary/aromatic N) is 4. The Morgan fingerprint density at radius 3 is 2.84 bits per heavy atom. The molecule has 32 heavy (non-hydrogen) atoms. The van der Waals surface area contributed by atoms with Gasteiger partial charge in [0.2, 0.25) is 0 Å². The van der Waals surface area contributed by atoms with Gasteiger partial charge in [0.15, 0.2) is 0 Å². The Hall–Kier alpha value is -2.70. The second-order valence-corrected chi connectivity index (χ2v) is 10.4. The largest absolute Gasteiger partial charge is 0.322 e. The maximum Gasteiger partial charge on any atom is 0.322 e. The van der Waals surface area contributed by atoms with Crippen molar-refractivity contribution in [1.82, 2.24) is 19.7 Å². The number of carbonyl (C=O) groups is 2. The summed E-state index contributed by atoms with van der Waals surface area (Å²) in [4.78, 5) is 32.7. The average Bonchev–Trinajstić information content (AvgIpc) is 3.00. The Morgan fingerprint density at radius 2 is 2.16 bits per heavy atom. The molecule has 13 heteroatoms. The summed E-state index contributed by atoms with van der Waals surface area (Å²) in [5.41, 5.74) is 1.87. The lowest BCUT2D eigenvalue weighted by atomic mass is 10.1. The standard InChI is InChI=1S/C19H21ClFN5O5S/c1-24-18(27)17-13-9-25(19(28)22-11-3-4-15(21)14(20)7-11)6-5-16(13)23-26(17)8-12(31-24)10-32(2,29)30/h3-4,7,12H,5-6,8-10H2,1-2H3,(H,22,28). The minimum absolute atomic E-state index is 0.0890. The Balaban J connectivity index is 1.57. The Labute approximate surface area is 188 Å². The lowest BCUT2D eigenvalue weighted by Crippen LogP contribution is -2.39. The number of aromatic nitrogens is 2. The third-order valence-corrected chi connectivity index (χ3v) is 6.49. The smallest absolute Gasteiger partial charge is 0.320 e. The number of sulfone groups is 1. The van der Waals surface area contributed by atoms with Gasteiger partial charge in [-0.1, -0.05) is 11.6 Å². The first-order chi connectivity index (χ1) is 15.0. The molecule has 3 heterocycles. The van der Waals surface area contributed by atoms with E-state index in [1.54, 1.807) is 0 Å². The van der Waals surface area contributed by atoms with Gasteiger partial charge in [-0.3, -0.25) is 14.3 Å². The van der Waals surface area contributed by atoms with E-state index in [2.05, 4.69) is 10.4 Å². The number of anilines is 1. The number of hydrogen-bond acceptors (Lipinski definition) is 6. The van der Waals surface area contributed by atoms with Crippen molar-refractivity contribution in [3.63, 3.8) is 0 Å². The summed E-state index contributed by atoms with van der Waals surface area (Å²) in [6.07, 6.45) is 0.744. The number of rotatable bonds is 3. The minimum Gasteiger partial charge on any atom is -0.320 e. The van der Waals surface area contributed by atoms with E-state index in [0.29, 0.717) is 29.9 Å². The summed E-state index contributed by atoms with van der Waals surface area (Å²) in [7, 11) is -1.92. The quantitative estimate of drug-likeness (QED) is 0.707. The van der Waals surface area contributed by atoms with Crippen molar-refractivity contribution >= 4 is 39.1 Å². The molecule has 1 atom stereocenters. The van der Waals surface area contributed by atoms with Crippen LogP contribution in [0.2, 0.25) is 5.02 Å². The molecule has 10 nitrogen and oxygen atoms in total. The molecule has 1 aromatic heterocycles. The lowest BCUT2D eigenvalue weighted by molar-refractivity contribution is -0.140. The third kappa shape index (κ3) is 4.57. The van der Waals surface area contributed by atoms with Crippen LogP contribution in [0.1, 0.15) is 21.7 Å². The molecule has 0 saturated carbocycles. The minimum atomic E-state index is -3.34. The van der Waals surface area contributed by atoms with E-state index >= 15 is 0 Å². The van der Waals surface area contributed by atoms with Gasteiger partial charge in [-0.05, 0) is 18.2 Å². The fraction of sp³-hybridized carbons (Fsp3) is 0.421. The van der Waals surface area contributed by atoms with E-state index in [9.17, 15) is 22.4 Å². The first kappa shape index (κ1) is 22.5. The van der Waals surface area contributed by atoms with Gasteiger partial charge in [0, 0.05) is 37.5 Å². The predicted octanol–water partition coefficient (Wildman–Crippen LogP) is 1.70. The molecule has 2 aliphatic rings. The molecule has 0 bridgehead atoms. The lowest BCUT2D eigenvalue weighted by Gasteiger charge is -2.27. The molecule has 1 unspecified atom stereocenters. The highest BCUT2D eigenvalue weighted by molar-refractivity contribution is 7.90. The number of benzene rings is 1. The van der Waals surface area contributed by atoms with E-state index in [4.69, 9.17) is 16.4 Å². The number of hydroxylamine groups is 2. The van der Waals surface area contributed by atoms with Crippen LogP contribution in [-0.2, 0) is 34.2 Å². The van der Waals surface area contributed by atoms with Crippen LogP contribution >= 0.6 is 11.6 Å². The molecule has 2 aromatic rings. The van der Waals surface area contributed by atoms with Crippen LogP contribution in [0.4, 0.5) is 14.9 Å². The number of carbonyl (C=O) groups excluding carboxylic acids is 2. The summed E-state index contributed by atoms with van der Waals surface area (Å²) in [5, 5.41) is 8.06. The van der Waals surface area contributed by atoms with Crippen LogP contribution in [0.3, 0.4) is 0 Å². The van der Waals surface area contributed by atoms with Crippen molar-refractivity contribution in [1.29, 1.82) is 0 Å². The predicted molar refractivity (Wildman–Crippen MR) is 113 cm³/mol. The zero-order valence-corrected chi connectivity index (χ0v) is 18.9. The third-order valence-electron chi connectivity index (χ3n) is 5.22. The summed E-state index contributed by atoms with van der Waals surface area (Å²) in [5.74, 6) is -1.32. The van der Waals surface area contributed by atoms with E-state index in [1.165, 1.54) is 28.8 Å². The molecule has 2 aliphatic heterocycles. The van der Waals surface area contributed by atoms with Crippen molar-refractivity contribution in [3.05, 3.63) is 46.0 Å². The molecule has 1 aromatic carbocycles. The fourth-order valence-electron chi connectivity index (χ4n) is 3.82. The summed E-state index contributed by atoms with van der Waals surface area (Å²) >= 11 is 5.77. The zero-order chi connectivity index (χ0) is 23.2. The zero-order valence-electron chi connectivity index (χ0n) is 17.3. The molecular weight excluding hydrogens is 465 g/mol. The molecule has 1 N–H and O–H groups in total. The van der Waals surface area contributed by atoms with Crippen molar-refractivity contribution in [2.45, 2.75) is 25.6 Å². The second kappa shape index (κ2) is 8.34. The molecule has 172 valence electrons. The Bertz CT molecular complexity index is 1200. The summed E-state index contributed by atoms with van der Waals surface area (Å²) < 4.78 is 38.3. The number of urea groups is 1. The van der Waals surface area contributed by atoms with Crippen LogP contribution < -0.4 is 5.32 Å². The first-order valence-electron chi connectivity index (χ1n) is 9.74.